The molecule has 0 atom stereocenters. The highest BCUT2D eigenvalue weighted by Gasteiger charge is 2.09. The monoisotopic (exact) mass is 290 g/mol. The fourth-order valence-corrected chi connectivity index (χ4v) is 2.74. The molecule has 5 heteroatoms. The molecule has 0 fully saturated rings. The van der Waals surface area contributed by atoms with Crippen LogP contribution in [0.1, 0.15) is 11.8 Å². The number of carbonyl (C=O) groups excluding carboxylic acids is 1. The zero-order valence-electron chi connectivity index (χ0n) is 8.92. The number of thiophene rings is 1. The number of hydrogen-bond acceptors (Lipinski definition) is 3. The van der Waals surface area contributed by atoms with Crippen LogP contribution in [0.4, 0.5) is 0 Å². The Morgan fingerprint density at radius 1 is 1.60 bits per heavy atom. The Balaban J connectivity index is 2.50. The minimum atomic E-state index is 0.0625. The zero-order valence-corrected chi connectivity index (χ0v) is 11.3. The van der Waals surface area contributed by atoms with Crippen molar-refractivity contribution in [1.82, 2.24) is 10.2 Å². The van der Waals surface area contributed by atoms with Crippen LogP contribution in [0.5, 0.6) is 0 Å². The SMILES string of the molecule is CCN(CC(=O)NC)Cc1ccc(Br)s1. The average Bonchev–Trinajstić information content (AvgIpc) is 2.62. The fourth-order valence-electron chi connectivity index (χ4n) is 1.22. The third-order valence-electron chi connectivity index (χ3n) is 2.10. The van der Waals surface area contributed by atoms with Crippen molar-refractivity contribution >= 4 is 33.2 Å². The zero-order chi connectivity index (χ0) is 11.3. The molecular formula is C10H15BrN2OS. The maximum Gasteiger partial charge on any atom is 0.233 e. The van der Waals surface area contributed by atoms with Crippen LogP contribution in [0, 0.1) is 0 Å². The van der Waals surface area contributed by atoms with E-state index < -0.39 is 0 Å². The molecule has 0 saturated carbocycles. The molecule has 3 nitrogen and oxygen atoms in total. The molecule has 84 valence electrons. The van der Waals surface area contributed by atoms with Gasteiger partial charge in [-0.2, -0.15) is 0 Å². The molecule has 0 aliphatic rings. The van der Waals surface area contributed by atoms with E-state index in [-0.39, 0.29) is 5.91 Å². The van der Waals surface area contributed by atoms with Gasteiger partial charge in [0.05, 0.1) is 10.3 Å². The van der Waals surface area contributed by atoms with Crippen LogP contribution in [0.2, 0.25) is 0 Å². The van der Waals surface area contributed by atoms with Crippen molar-refractivity contribution in [2.24, 2.45) is 0 Å². The van der Waals surface area contributed by atoms with Gasteiger partial charge in [-0.25, -0.2) is 0 Å². The van der Waals surface area contributed by atoms with Gasteiger partial charge in [0.15, 0.2) is 0 Å². The number of nitrogens with zero attached hydrogens (tertiary/aromatic N) is 1. The number of halogens is 1. The maximum atomic E-state index is 11.2. The second-order valence-corrected chi connectivity index (χ2v) is 5.73. The van der Waals surface area contributed by atoms with Gasteiger partial charge in [0.25, 0.3) is 0 Å². The van der Waals surface area contributed by atoms with Crippen LogP contribution in [-0.2, 0) is 11.3 Å². The molecular weight excluding hydrogens is 276 g/mol. The summed E-state index contributed by atoms with van der Waals surface area (Å²) in [5, 5.41) is 2.63. The van der Waals surface area contributed by atoms with Crippen molar-refractivity contribution in [2.45, 2.75) is 13.5 Å². The molecule has 1 heterocycles. The first-order valence-corrected chi connectivity index (χ1v) is 6.43. The van der Waals surface area contributed by atoms with Crippen molar-refractivity contribution in [2.75, 3.05) is 20.1 Å². The van der Waals surface area contributed by atoms with E-state index in [0.29, 0.717) is 6.54 Å². The van der Waals surface area contributed by atoms with Gasteiger partial charge in [-0.3, -0.25) is 9.69 Å². The maximum absolute atomic E-state index is 11.2. The van der Waals surface area contributed by atoms with E-state index in [4.69, 9.17) is 0 Å². The van der Waals surface area contributed by atoms with E-state index in [1.165, 1.54) is 4.88 Å². The molecule has 15 heavy (non-hydrogen) atoms. The summed E-state index contributed by atoms with van der Waals surface area (Å²) in [5.74, 6) is 0.0625. The largest absolute Gasteiger partial charge is 0.358 e. The predicted molar refractivity (Wildman–Crippen MR) is 67.0 cm³/mol. The first-order valence-electron chi connectivity index (χ1n) is 4.82. The Labute approximate surface area is 103 Å². The topological polar surface area (TPSA) is 32.3 Å². The van der Waals surface area contributed by atoms with Gasteiger partial charge in [0, 0.05) is 18.5 Å². The molecule has 0 aliphatic carbocycles. The third kappa shape index (κ3) is 4.32. The number of carbonyl (C=O) groups is 1. The first-order chi connectivity index (χ1) is 7.15. The summed E-state index contributed by atoms with van der Waals surface area (Å²) in [4.78, 5) is 14.6. The standard InChI is InChI=1S/C10H15BrN2OS/c1-3-13(7-10(14)12-2)6-8-4-5-9(11)15-8/h4-5H,3,6-7H2,1-2H3,(H,12,14). The Bertz CT molecular complexity index is 327. The van der Waals surface area contributed by atoms with Gasteiger partial charge in [-0.05, 0) is 34.6 Å². The summed E-state index contributed by atoms with van der Waals surface area (Å²) in [6.45, 7) is 4.23. The van der Waals surface area contributed by atoms with E-state index in [2.05, 4.69) is 39.1 Å². The van der Waals surface area contributed by atoms with Crippen LogP contribution >= 0.6 is 27.3 Å². The van der Waals surface area contributed by atoms with Gasteiger partial charge >= 0.3 is 0 Å². The van der Waals surface area contributed by atoms with Crippen molar-refractivity contribution in [1.29, 1.82) is 0 Å². The molecule has 0 bridgehead atoms. The molecule has 0 saturated heterocycles. The van der Waals surface area contributed by atoms with Crippen LogP contribution in [0.15, 0.2) is 15.9 Å². The first kappa shape index (κ1) is 12.7. The second kappa shape index (κ2) is 6.25. The molecule has 1 N–H and O–H groups in total. The van der Waals surface area contributed by atoms with Crippen LogP contribution in [0.25, 0.3) is 0 Å². The lowest BCUT2D eigenvalue weighted by Crippen LogP contribution is -2.34. The molecule has 1 amide bonds. The van der Waals surface area contributed by atoms with E-state index >= 15 is 0 Å². The van der Waals surface area contributed by atoms with Gasteiger partial charge in [0.1, 0.15) is 0 Å². The van der Waals surface area contributed by atoms with E-state index in [1.807, 2.05) is 6.07 Å². The summed E-state index contributed by atoms with van der Waals surface area (Å²) in [7, 11) is 1.66. The highest BCUT2D eigenvalue weighted by Crippen LogP contribution is 2.23. The minimum Gasteiger partial charge on any atom is -0.358 e. The van der Waals surface area contributed by atoms with Gasteiger partial charge in [-0.1, -0.05) is 6.92 Å². The van der Waals surface area contributed by atoms with Crippen molar-refractivity contribution < 1.29 is 4.79 Å². The van der Waals surface area contributed by atoms with Crippen molar-refractivity contribution in [3.8, 4) is 0 Å². The van der Waals surface area contributed by atoms with E-state index in [9.17, 15) is 4.79 Å². The van der Waals surface area contributed by atoms with Crippen LogP contribution < -0.4 is 5.32 Å². The summed E-state index contributed by atoms with van der Waals surface area (Å²) in [6.07, 6.45) is 0. The van der Waals surface area contributed by atoms with Crippen molar-refractivity contribution in [3.63, 3.8) is 0 Å². The molecule has 0 radical (unpaired) electrons. The molecule has 0 unspecified atom stereocenters. The Hall–Kier alpha value is -0.390. The van der Waals surface area contributed by atoms with E-state index in [1.54, 1.807) is 18.4 Å². The molecule has 1 rings (SSSR count). The predicted octanol–water partition coefficient (Wildman–Crippen LogP) is 2.08. The van der Waals surface area contributed by atoms with Gasteiger partial charge in [0.2, 0.25) is 5.91 Å². The summed E-state index contributed by atoms with van der Waals surface area (Å²) < 4.78 is 1.13. The Kier molecular flexibility index (Phi) is 5.28. The molecule has 0 aliphatic heterocycles. The number of amides is 1. The quantitative estimate of drug-likeness (QED) is 0.901. The van der Waals surface area contributed by atoms with Crippen LogP contribution in [0.3, 0.4) is 0 Å². The van der Waals surface area contributed by atoms with Gasteiger partial charge in [-0.15, -0.1) is 11.3 Å². The number of likely N-dealkylation sites (N-methyl/N-ethyl adjacent to an activating group) is 2. The summed E-state index contributed by atoms with van der Waals surface area (Å²) >= 11 is 5.14. The average molecular weight is 291 g/mol. The molecule has 0 aromatic carbocycles. The summed E-state index contributed by atoms with van der Waals surface area (Å²) in [5.41, 5.74) is 0. The normalized spacial score (nSPS) is 10.7. The molecule has 0 spiro atoms. The Morgan fingerprint density at radius 3 is 2.80 bits per heavy atom. The lowest BCUT2D eigenvalue weighted by molar-refractivity contribution is -0.121. The smallest absolute Gasteiger partial charge is 0.233 e. The molecule has 1 aromatic heterocycles. The fraction of sp³-hybridized carbons (Fsp3) is 0.500. The molecule has 1 aromatic rings. The number of rotatable bonds is 5. The second-order valence-electron chi connectivity index (χ2n) is 3.18. The lowest BCUT2D eigenvalue weighted by Gasteiger charge is -2.18. The summed E-state index contributed by atoms with van der Waals surface area (Å²) in [6, 6.07) is 4.12. The van der Waals surface area contributed by atoms with E-state index in [0.717, 1.165) is 16.9 Å². The highest BCUT2D eigenvalue weighted by molar-refractivity contribution is 9.11. The van der Waals surface area contributed by atoms with Gasteiger partial charge < -0.3 is 5.32 Å². The van der Waals surface area contributed by atoms with Crippen LogP contribution in [-0.4, -0.2) is 30.9 Å². The minimum absolute atomic E-state index is 0.0625. The third-order valence-corrected chi connectivity index (χ3v) is 3.71. The number of hydrogen-bond donors (Lipinski definition) is 1. The lowest BCUT2D eigenvalue weighted by atomic mass is 10.4. The highest BCUT2D eigenvalue weighted by atomic mass is 79.9. The number of nitrogens with one attached hydrogen (secondary N) is 1. The Morgan fingerprint density at radius 2 is 2.33 bits per heavy atom. The van der Waals surface area contributed by atoms with Crippen molar-refractivity contribution in [3.05, 3.63) is 20.8 Å².